The Balaban J connectivity index is 2.06. The highest BCUT2D eigenvalue weighted by Gasteiger charge is 2.25. The number of hydrogen-bond donors (Lipinski definition) is 1. The van der Waals surface area contributed by atoms with Crippen molar-refractivity contribution >= 4 is 0 Å². The van der Waals surface area contributed by atoms with E-state index in [1.807, 2.05) is 12.4 Å². The Morgan fingerprint density at radius 2 is 2.46 bits per heavy atom. The van der Waals surface area contributed by atoms with Crippen molar-refractivity contribution in [3.63, 3.8) is 0 Å². The van der Waals surface area contributed by atoms with E-state index >= 15 is 0 Å². The molecule has 0 bridgehead atoms. The topological polar surface area (TPSA) is 29.9 Å². The SMILES string of the molecule is CCC(NC1CC1)c1nccn1C. The second kappa shape index (κ2) is 3.50. The van der Waals surface area contributed by atoms with Crippen molar-refractivity contribution < 1.29 is 0 Å². The molecule has 1 heterocycles. The molecule has 1 unspecified atom stereocenters. The molecule has 0 amide bonds. The van der Waals surface area contributed by atoms with Gasteiger partial charge in [0.2, 0.25) is 0 Å². The van der Waals surface area contributed by atoms with E-state index in [0.717, 1.165) is 18.3 Å². The largest absolute Gasteiger partial charge is 0.337 e. The van der Waals surface area contributed by atoms with Crippen LogP contribution < -0.4 is 5.32 Å². The van der Waals surface area contributed by atoms with Gasteiger partial charge in [-0.3, -0.25) is 0 Å². The molecule has 3 nitrogen and oxygen atoms in total. The van der Waals surface area contributed by atoms with Gasteiger partial charge in [0.15, 0.2) is 0 Å². The van der Waals surface area contributed by atoms with Gasteiger partial charge in [-0.05, 0) is 19.3 Å². The van der Waals surface area contributed by atoms with Crippen molar-refractivity contribution in [2.24, 2.45) is 7.05 Å². The summed E-state index contributed by atoms with van der Waals surface area (Å²) in [7, 11) is 2.06. The fraction of sp³-hybridized carbons (Fsp3) is 0.700. The molecule has 0 spiro atoms. The van der Waals surface area contributed by atoms with Crippen molar-refractivity contribution in [2.75, 3.05) is 0 Å². The number of aryl methyl sites for hydroxylation is 1. The van der Waals surface area contributed by atoms with Crippen molar-refractivity contribution in [2.45, 2.75) is 38.3 Å². The van der Waals surface area contributed by atoms with E-state index in [9.17, 15) is 0 Å². The molecule has 72 valence electrons. The van der Waals surface area contributed by atoms with Crippen LogP contribution in [-0.4, -0.2) is 15.6 Å². The third kappa shape index (κ3) is 1.91. The Hall–Kier alpha value is -0.830. The molecular weight excluding hydrogens is 162 g/mol. The molecule has 1 aromatic heterocycles. The lowest BCUT2D eigenvalue weighted by molar-refractivity contribution is 0.479. The maximum atomic E-state index is 4.37. The third-order valence-corrected chi connectivity index (χ3v) is 2.59. The van der Waals surface area contributed by atoms with E-state index in [0.29, 0.717) is 6.04 Å². The minimum Gasteiger partial charge on any atom is -0.337 e. The predicted octanol–water partition coefficient (Wildman–Crippen LogP) is 1.62. The number of hydrogen-bond acceptors (Lipinski definition) is 2. The van der Waals surface area contributed by atoms with E-state index in [1.165, 1.54) is 12.8 Å². The van der Waals surface area contributed by atoms with E-state index in [2.05, 4.69) is 28.8 Å². The molecule has 1 aliphatic rings. The molecule has 13 heavy (non-hydrogen) atoms. The molecule has 0 aromatic carbocycles. The number of nitrogens with zero attached hydrogens (tertiary/aromatic N) is 2. The maximum absolute atomic E-state index is 4.37. The maximum Gasteiger partial charge on any atom is 0.125 e. The van der Waals surface area contributed by atoms with Gasteiger partial charge in [-0.15, -0.1) is 0 Å². The first-order chi connectivity index (χ1) is 6.31. The van der Waals surface area contributed by atoms with Crippen LogP contribution in [0.1, 0.15) is 38.1 Å². The van der Waals surface area contributed by atoms with E-state index < -0.39 is 0 Å². The quantitative estimate of drug-likeness (QED) is 0.761. The molecule has 1 fully saturated rings. The lowest BCUT2D eigenvalue weighted by Crippen LogP contribution is -2.25. The highest BCUT2D eigenvalue weighted by atomic mass is 15.1. The molecule has 0 radical (unpaired) electrons. The fourth-order valence-electron chi connectivity index (χ4n) is 1.62. The summed E-state index contributed by atoms with van der Waals surface area (Å²) in [6.45, 7) is 2.20. The zero-order valence-corrected chi connectivity index (χ0v) is 8.33. The van der Waals surface area contributed by atoms with Crippen LogP contribution in [0.25, 0.3) is 0 Å². The van der Waals surface area contributed by atoms with Crippen molar-refractivity contribution in [3.05, 3.63) is 18.2 Å². The van der Waals surface area contributed by atoms with Gasteiger partial charge in [0.05, 0.1) is 6.04 Å². The monoisotopic (exact) mass is 179 g/mol. The lowest BCUT2D eigenvalue weighted by Gasteiger charge is -2.15. The van der Waals surface area contributed by atoms with Gasteiger partial charge >= 0.3 is 0 Å². The first-order valence-corrected chi connectivity index (χ1v) is 5.04. The van der Waals surface area contributed by atoms with Crippen LogP contribution in [-0.2, 0) is 7.05 Å². The second-order valence-corrected chi connectivity index (χ2v) is 3.80. The minimum absolute atomic E-state index is 0.437. The van der Waals surface area contributed by atoms with Crippen LogP contribution in [0.5, 0.6) is 0 Å². The van der Waals surface area contributed by atoms with E-state index in [-0.39, 0.29) is 0 Å². The summed E-state index contributed by atoms with van der Waals surface area (Å²) >= 11 is 0. The molecule has 1 saturated carbocycles. The highest BCUT2D eigenvalue weighted by molar-refractivity contribution is 5.00. The second-order valence-electron chi connectivity index (χ2n) is 3.80. The average Bonchev–Trinajstić information content (AvgIpc) is 2.85. The van der Waals surface area contributed by atoms with Gasteiger partial charge in [0, 0.05) is 25.5 Å². The molecule has 0 aliphatic heterocycles. The summed E-state index contributed by atoms with van der Waals surface area (Å²) in [6, 6.07) is 1.19. The van der Waals surface area contributed by atoms with Crippen molar-refractivity contribution in [1.82, 2.24) is 14.9 Å². The van der Waals surface area contributed by atoms with Crippen LogP contribution in [0.4, 0.5) is 0 Å². The molecule has 0 saturated heterocycles. The summed E-state index contributed by atoms with van der Waals surface area (Å²) in [4.78, 5) is 4.37. The molecule has 1 N–H and O–H groups in total. The minimum atomic E-state index is 0.437. The Morgan fingerprint density at radius 1 is 1.69 bits per heavy atom. The zero-order chi connectivity index (χ0) is 9.26. The summed E-state index contributed by atoms with van der Waals surface area (Å²) in [5, 5.41) is 3.60. The van der Waals surface area contributed by atoms with E-state index in [4.69, 9.17) is 0 Å². The Labute approximate surface area is 79.2 Å². The van der Waals surface area contributed by atoms with Crippen LogP contribution >= 0.6 is 0 Å². The molecule has 1 aliphatic carbocycles. The summed E-state index contributed by atoms with van der Waals surface area (Å²) in [5.41, 5.74) is 0. The number of aromatic nitrogens is 2. The molecular formula is C10H17N3. The Morgan fingerprint density at radius 3 is 2.92 bits per heavy atom. The van der Waals surface area contributed by atoms with Gasteiger partial charge in [-0.1, -0.05) is 6.92 Å². The van der Waals surface area contributed by atoms with Gasteiger partial charge in [0.1, 0.15) is 5.82 Å². The number of rotatable bonds is 4. The summed E-state index contributed by atoms with van der Waals surface area (Å²) in [5.74, 6) is 1.16. The Kier molecular flexibility index (Phi) is 2.36. The first-order valence-electron chi connectivity index (χ1n) is 5.04. The molecule has 3 heteroatoms. The van der Waals surface area contributed by atoms with Crippen LogP contribution in [0.15, 0.2) is 12.4 Å². The highest BCUT2D eigenvalue weighted by Crippen LogP contribution is 2.24. The number of nitrogens with one attached hydrogen (secondary N) is 1. The average molecular weight is 179 g/mol. The van der Waals surface area contributed by atoms with Crippen LogP contribution in [0.2, 0.25) is 0 Å². The van der Waals surface area contributed by atoms with Gasteiger partial charge in [0.25, 0.3) is 0 Å². The van der Waals surface area contributed by atoms with Crippen molar-refractivity contribution in [3.8, 4) is 0 Å². The zero-order valence-electron chi connectivity index (χ0n) is 8.33. The van der Waals surface area contributed by atoms with Crippen molar-refractivity contribution in [1.29, 1.82) is 0 Å². The summed E-state index contributed by atoms with van der Waals surface area (Å²) in [6.07, 6.45) is 7.66. The lowest BCUT2D eigenvalue weighted by atomic mass is 10.2. The number of imidazole rings is 1. The van der Waals surface area contributed by atoms with Gasteiger partial charge in [-0.25, -0.2) is 4.98 Å². The first kappa shape index (κ1) is 8.75. The summed E-state index contributed by atoms with van der Waals surface area (Å²) < 4.78 is 2.10. The van der Waals surface area contributed by atoms with E-state index in [1.54, 1.807) is 0 Å². The fourth-order valence-corrected chi connectivity index (χ4v) is 1.62. The van der Waals surface area contributed by atoms with Crippen LogP contribution in [0, 0.1) is 0 Å². The third-order valence-electron chi connectivity index (χ3n) is 2.59. The molecule has 1 aromatic rings. The van der Waals surface area contributed by atoms with Gasteiger partial charge in [-0.2, -0.15) is 0 Å². The molecule has 1 atom stereocenters. The molecule has 2 rings (SSSR count). The smallest absolute Gasteiger partial charge is 0.125 e. The van der Waals surface area contributed by atoms with Crippen LogP contribution in [0.3, 0.4) is 0 Å². The standard InChI is InChI=1S/C10H17N3/c1-3-9(12-8-4-5-8)10-11-6-7-13(10)2/h6-9,12H,3-5H2,1-2H3. The predicted molar refractivity (Wildman–Crippen MR) is 52.4 cm³/mol. The normalized spacial score (nSPS) is 18.9. The Bertz CT molecular complexity index is 275. The van der Waals surface area contributed by atoms with Gasteiger partial charge < -0.3 is 9.88 Å².